The summed E-state index contributed by atoms with van der Waals surface area (Å²) in [4.78, 5) is 20.6. The van der Waals surface area contributed by atoms with Crippen LogP contribution in [0.25, 0.3) is 83.9 Å². The Morgan fingerprint density at radius 1 is 0.477 bits per heavy atom. The molecule has 0 amide bonds. The first kappa shape index (κ1) is 24.5. The van der Waals surface area contributed by atoms with Gasteiger partial charge in [-0.05, 0) is 24.3 Å². The fourth-order valence-corrected chi connectivity index (χ4v) is 6.08. The van der Waals surface area contributed by atoms with E-state index in [0.717, 1.165) is 60.7 Å². The first-order valence-electron chi connectivity index (χ1n) is 14.5. The minimum atomic E-state index is 0.489. The predicted molar refractivity (Wildman–Crippen MR) is 176 cm³/mol. The summed E-state index contributed by atoms with van der Waals surface area (Å²) in [5, 5.41) is 3.97. The van der Waals surface area contributed by atoms with Gasteiger partial charge in [-0.3, -0.25) is 4.57 Å². The summed E-state index contributed by atoms with van der Waals surface area (Å²) < 4.78 is 8.48. The minimum absolute atomic E-state index is 0.489. The van der Waals surface area contributed by atoms with Crippen LogP contribution in [0.3, 0.4) is 0 Å². The average Bonchev–Trinajstić information content (AvgIpc) is 3.64. The Labute approximate surface area is 251 Å². The zero-order valence-electron chi connectivity index (χ0n) is 23.4. The molecule has 6 heteroatoms. The number of furan rings is 1. The van der Waals surface area contributed by atoms with Crippen LogP contribution in [0.1, 0.15) is 0 Å². The number of benzene rings is 5. The van der Waals surface area contributed by atoms with E-state index in [2.05, 4.69) is 65.2 Å². The van der Waals surface area contributed by atoms with Gasteiger partial charge in [0.25, 0.3) is 0 Å². The Morgan fingerprint density at radius 3 is 1.61 bits per heavy atom. The van der Waals surface area contributed by atoms with Crippen molar-refractivity contribution in [1.82, 2.24) is 24.5 Å². The summed E-state index contributed by atoms with van der Waals surface area (Å²) in [5.41, 5.74) is 7.49. The zero-order chi connectivity index (χ0) is 29.0. The molecule has 9 rings (SSSR count). The monoisotopic (exact) mass is 565 g/mol. The lowest BCUT2D eigenvalue weighted by atomic mass is 10.1. The summed E-state index contributed by atoms with van der Waals surface area (Å²) in [6.45, 7) is 0. The van der Waals surface area contributed by atoms with Gasteiger partial charge in [-0.15, -0.1) is 0 Å². The van der Waals surface area contributed by atoms with E-state index < -0.39 is 0 Å². The van der Waals surface area contributed by atoms with E-state index in [1.807, 2.05) is 78.9 Å². The van der Waals surface area contributed by atoms with Gasteiger partial charge in [0.05, 0.1) is 27.8 Å². The van der Waals surface area contributed by atoms with Crippen LogP contribution in [-0.4, -0.2) is 24.5 Å². The lowest BCUT2D eigenvalue weighted by Gasteiger charge is -2.11. The second-order valence-corrected chi connectivity index (χ2v) is 10.7. The molecule has 0 bridgehead atoms. The third kappa shape index (κ3) is 3.82. The summed E-state index contributed by atoms with van der Waals surface area (Å²) >= 11 is 0. The molecule has 9 aromatic rings. The molecular weight excluding hydrogens is 542 g/mol. The molecule has 6 nitrogen and oxygen atoms in total. The van der Waals surface area contributed by atoms with Crippen LogP contribution in [0, 0.1) is 0 Å². The molecule has 0 aliphatic heterocycles. The number of nitrogens with zero attached hydrogens (tertiary/aromatic N) is 5. The molecule has 0 aliphatic carbocycles. The Morgan fingerprint density at radius 2 is 1.00 bits per heavy atom. The van der Waals surface area contributed by atoms with Crippen LogP contribution in [-0.2, 0) is 0 Å². The van der Waals surface area contributed by atoms with Gasteiger partial charge in [-0.1, -0.05) is 115 Å². The van der Waals surface area contributed by atoms with Gasteiger partial charge < -0.3 is 4.42 Å². The molecule has 0 atom stereocenters. The Balaban J connectivity index is 1.40. The fraction of sp³-hybridized carbons (Fsp3) is 0. The zero-order valence-corrected chi connectivity index (χ0v) is 23.4. The molecule has 0 aliphatic rings. The molecule has 0 fully saturated rings. The quantitative estimate of drug-likeness (QED) is 0.213. The first-order valence-corrected chi connectivity index (χ1v) is 14.5. The van der Waals surface area contributed by atoms with Gasteiger partial charge in [0, 0.05) is 27.3 Å². The van der Waals surface area contributed by atoms with Gasteiger partial charge in [-0.2, -0.15) is 4.98 Å². The highest BCUT2D eigenvalue weighted by Crippen LogP contribution is 2.37. The topological polar surface area (TPSA) is 69.6 Å². The largest absolute Gasteiger partial charge is 0.437 e. The highest BCUT2D eigenvalue weighted by molar-refractivity contribution is 6.11. The number of aromatic nitrogens is 5. The Bertz CT molecular complexity index is 2390. The average molecular weight is 566 g/mol. The summed E-state index contributed by atoms with van der Waals surface area (Å²) in [7, 11) is 0. The van der Waals surface area contributed by atoms with Crippen molar-refractivity contribution < 1.29 is 4.42 Å². The molecule has 0 saturated heterocycles. The highest BCUT2D eigenvalue weighted by Gasteiger charge is 2.23. The van der Waals surface area contributed by atoms with E-state index in [4.69, 9.17) is 24.4 Å². The molecular formula is C38H23N5O. The van der Waals surface area contributed by atoms with E-state index in [9.17, 15) is 0 Å². The molecule has 4 heterocycles. The molecule has 0 N–H and O–H groups in total. The van der Waals surface area contributed by atoms with Crippen molar-refractivity contribution in [1.29, 1.82) is 0 Å². The van der Waals surface area contributed by atoms with Gasteiger partial charge in [-0.25, -0.2) is 15.0 Å². The molecule has 5 aromatic carbocycles. The first-order chi connectivity index (χ1) is 21.8. The van der Waals surface area contributed by atoms with Crippen LogP contribution in [0.4, 0.5) is 0 Å². The van der Waals surface area contributed by atoms with Crippen molar-refractivity contribution in [2.75, 3.05) is 0 Å². The van der Waals surface area contributed by atoms with Gasteiger partial charge in [0.1, 0.15) is 11.3 Å². The highest BCUT2D eigenvalue weighted by atomic mass is 16.3. The molecule has 4 aromatic heterocycles. The second-order valence-electron chi connectivity index (χ2n) is 10.7. The normalized spacial score (nSPS) is 11.6. The third-order valence-electron chi connectivity index (χ3n) is 8.08. The predicted octanol–water partition coefficient (Wildman–Crippen LogP) is 9.26. The molecule has 0 spiro atoms. The van der Waals surface area contributed by atoms with Crippen LogP contribution >= 0.6 is 0 Å². The third-order valence-corrected chi connectivity index (χ3v) is 8.08. The number of para-hydroxylation sites is 3. The van der Waals surface area contributed by atoms with Crippen LogP contribution in [0.5, 0.6) is 0 Å². The lowest BCUT2D eigenvalue weighted by Crippen LogP contribution is -2.05. The van der Waals surface area contributed by atoms with E-state index in [-0.39, 0.29) is 0 Å². The maximum absolute atomic E-state index is 6.39. The van der Waals surface area contributed by atoms with Crippen LogP contribution < -0.4 is 0 Å². The number of fused-ring (bicyclic) bond motifs is 6. The van der Waals surface area contributed by atoms with Crippen molar-refractivity contribution in [2.24, 2.45) is 0 Å². The number of rotatable bonds is 4. The summed E-state index contributed by atoms with van der Waals surface area (Å²) in [6, 6.07) is 47.0. The van der Waals surface area contributed by atoms with E-state index in [1.165, 1.54) is 0 Å². The van der Waals surface area contributed by atoms with Crippen molar-refractivity contribution in [2.45, 2.75) is 0 Å². The van der Waals surface area contributed by atoms with Crippen molar-refractivity contribution >= 4 is 43.9 Å². The van der Waals surface area contributed by atoms with Crippen LogP contribution in [0.15, 0.2) is 144 Å². The molecule has 44 heavy (non-hydrogen) atoms. The van der Waals surface area contributed by atoms with Gasteiger partial charge in [0.15, 0.2) is 5.82 Å². The number of hydrogen-bond acceptors (Lipinski definition) is 5. The molecule has 206 valence electrons. The maximum atomic E-state index is 6.39. The van der Waals surface area contributed by atoms with Crippen molar-refractivity contribution in [3.05, 3.63) is 140 Å². The molecule has 0 unspecified atom stereocenters. The Kier molecular flexibility index (Phi) is 5.40. The van der Waals surface area contributed by atoms with Crippen molar-refractivity contribution in [3.63, 3.8) is 0 Å². The van der Waals surface area contributed by atoms with Crippen molar-refractivity contribution in [3.8, 4) is 40.0 Å². The smallest absolute Gasteiger partial charge is 0.238 e. The standard InChI is InChI=1S/C38H23N5O/c1-3-13-24(14-4-1)29-23-30(25-15-5-2-6-16-25)40-36(39-29)35-34-28-19-9-12-22-33(28)44-37(34)42-38(41-35)43-31-20-10-7-17-26(31)27-18-8-11-21-32(27)43/h1-23H. The van der Waals surface area contributed by atoms with E-state index in [1.54, 1.807) is 0 Å². The van der Waals surface area contributed by atoms with E-state index in [0.29, 0.717) is 23.2 Å². The summed E-state index contributed by atoms with van der Waals surface area (Å²) in [6.07, 6.45) is 0. The molecule has 0 saturated carbocycles. The Hall–Kier alpha value is -6.14. The second kappa shape index (κ2) is 9.71. The van der Waals surface area contributed by atoms with Gasteiger partial charge >= 0.3 is 0 Å². The van der Waals surface area contributed by atoms with E-state index >= 15 is 0 Å². The summed E-state index contributed by atoms with van der Waals surface area (Å²) in [5.74, 6) is 1.00. The maximum Gasteiger partial charge on any atom is 0.238 e. The van der Waals surface area contributed by atoms with Gasteiger partial charge in [0.2, 0.25) is 11.7 Å². The molecule has 0 radical (unpaired) electrons. The SMILES string of the molecule is c1ccc(-c2cc(-c3ccccc3)nc(-c3nc(-n4c5ccccc5c5ccccc54)nc4oc5ccccc5c34)n2)cc1. The minimum Gasteiger partial charge on any atom is -0.437 e. The number of hydrogen-bond donors (Lipinski definition) is 0. The van der Waals surface area contributed by atoms with Crippen LogP contribution in [0.2, 0.25) is 0 Å². The fourth-order valence-electron chi connectivity index (χ4n) is 6.08. The lowest BCUT2D eigenvalue weighted by molar-refractivity contribution is 0.651.